The Morgan fingerprint density at radius 2 is 1.78 bits per heavy atom. The highest BCUT2D eigenvalue weighted by molar-refractivity contribution is 14.1. The van der Waals surface area contributed by atoms with Crippen molar-refractivity contribution in [3.05, 3.63) is 79.9 Å². The maximum absolute atomic E-state index is 12.4. The molecule has 0 saturated carbocycles. The molecule has 0 spiro atoms. The number of hydrogen-bond acceptors (Lipinski definition) is 6. The number of methoxy groups -OCH3 is 1. The third-order valence-electron chi connectivity index (χ3n) is 5.15. The number of carbonyl (C=O) groups is 3. The lowest BCUT2D eigenvalue weighted by Gasteiger charge is -2.14. The molecule has 0 aliphatic heterocycles. The molecular formula is C26H24ClIN4O5. The highest BCUT2D eigenvalue weighted by atomic mass is 127. The third-order valence-corrected chi connectivity index (χ3v) is 6.18. The highest BCUT2D eigenvalue weighted by Gasteiger charge is 2.15. The fraction of sp³-hybridized carbons (Fsp3) is 0.154. The number of aryl methyl sites for hydroxylation is 1. The molecule has 3 N–H and O–H groups in total. The first-order valence-corrected chi connectivity index (χ1v) is 12.4. The molecule has 0 aromatic heterocycles. The maximum Gasteiger partial charge on any atom is 0.329 e. The molecule has 3 aromatic carbocycles. The van der Waals surface area contributed by atoms with E-state index in [0.717, 1.165) is 16.8 Å². The Balaban J connectivity index is 1.59. The smallest absolute Gasteiger partial charge is 0.329 e. The summed E-state index contributed by atoms with van der Waals surface area (Å²) in [5, 5.41) is 9.53. The predicted octanol–water partition coefficient (Wildman–Crippen LogP) is 4.68. The molecule has 0 bridgehead atoms. The van der Waals surface area contributed by atoms with Gasteiger partial charge in [0.05, 0.1) is 16.9 Å². The minimum Gasteiger partial charge on any atom is -0.493 e. The van der Waals surface area contributed by atoms with Gasteiger partial charge in [-0.05, 0) is 89.5 Å². The van der Waals surface area contributed by atoms with Crippen molar-refractivity contribution in [2.75, 3.05) is 24.4 Å². The highest BCUT2D eigenvalue weighted by Crippen LogP contribution is 2.33. The van der Waals surface area contributed by atoms with Gasteiger partial charge in [0.25, 0.3) is 5.91 Å². The predicted molar refractivity (Wildman–Crippen MR) is 152 cm³/mol. The molecule has 0 unspecified atom stereocenters. The first-order chi connectivity index (χ1) is 17.7. The molecule has 0 atom stereocenters. The van der Waals surface area contributed by atoms with Crippen LogP contribution in [0.5, 0.6) is 11.5 Å². The average Bonchev–Trinajstić information content (AvgIpc) is 2.85. The minimum absolute atomic E-state index is 0.217. The van der Waals surface area contributed by atoms with Crippen LogP contribution >= 0.6 is 34.2 Å². The van der Waals surface area contributed by atoms with Crippen LogP contribution in [0.25, 0.3) is 0 Å². The van der Waals surface area contributed by atoms with Crippen LogP contribution < -0.4 is 25.5 Å². The average molecular weight is 635 g/mol. The lowest BCUT2D eigenvalue weighted by Crippen LogP contribution is -2.32. The molecule has 0 aliphatic rings. The largest absolute Gasteiger partial charge is 0.493 e. The first-order valence-electron chi connectivity index (χ1n) is 10.9. The van der Waals surface area contributed by atoms with Gasteiger partial charge in [-0.1, -0.05) is 29.8 Å². The van der Waals surface area contributed by atoms with E-state index in [0.29, 0.717) is 31.3 Å². The van der Waals surface area contributed by atoms with Crippen molar-refractivity contribution < 1.29 is 23.9 Å². The first kappa shape index (κ1) is 27.9. The number of amides is 3. The Bertz CT molecular complexity index is 1360. The molecule has 9 nitrogen and oxygen atoms in total. The molecule has 0 heterocycles. The van der Waals surface area contributed by atoms with Gasteiger partial charge in [0.15, 0.2) is 18.1 Å². The Labute approximate surface area is 232 Å². The number of nitrogens with one attached hydrogen (secondary N) is 3. The Kier molecular flexibility index (Phi) is 9.86. The molecule has 37 heavy (non-hydrogen) atoms. The maximum atomic E-state index is 12.4. The van der Waals surface area contributed by atoms with Crippen LogP contribution in [0.3, 0.4) is 0 Å². The summed E-state index contributed by atoms with van der Waals surface area (Å²) in [6, 6.07) is 15.4. The van der Waals surface area contributed by atoms with E-state index in [1.165, 1.54) is 19.4 Å². The lowest BCUT2D eigenvalue weighted by molar-refractivity contribution is -0.136. The van der Waals surface area contributed by atoms with E-state index in [1.807, 2.05) is 54.6 Å². The summed E-state index contributed by atoms with van der Waals surface area (Å²) in [6.07, 6.45) is 1.35. The van der Waals surface area contributed by atoms with Gasteiger partial charge < -0.3 is 20.1 Å². The van der Waals surface area contributed by atoms with Crippen molar-refractivity contribution in [2.45, 2.75) is 13.8 Å². The number of halogens is 2. The van der Waals surface area contributed by atoms with Crippen LogP contribution in [-0.2, 0) is 14.4 Å². The van der Waals surface area contributed by atoms with Gasteiger partial charge in [0, 0.05) is 16.4 Å². The van der Waals surface area contributed by atoms with E-state index in [2.05, 4.69) is 21.2 Å². The Morgan fingerprint density at radius 1 is 1.03 bits per heavy atom. The lowest BCUT2D eigenvalue weighted by atomic mass is 10.1. The van der Waals surface area contributed by atoms with Crippen molar-refractivity contribution in [3.8, 4) is 11.5 Å². The van der Waals surface area contributed by atoms with Crippen molar-refractivity contribution in [1.82, 2.24) is 5.43 Å². The SMILES string of the molecule is COc1cc(/C=N\NC(=O)C(=O)Nc2cccc(Cl)c2)cc(I)c1OCC(=O)Nc1cccc(C)c1C. The Hall–Kier alpha value is -3.64. The van der Waals surface area contributed by atoms with E-state index in [9.17, 15) is 14.4 Å². The normalized spacial score (nSPS) is 10.6. The Morgan fingerprint density at radius 3 is 2.51 bits per heavy atom. The van der Waals surface area contributed by atoms with Gasteiger partial charge in [-0.3, -0.25) is 14.4 Å². The van der Waals surface area contributed by atoms with Crippen LogP contribution in [0.4, 0.5) is 11.4 Å². The van der Waals surface area contributed by atoms with Crippen LogP contribution in [0, 0.1) is 17.4 Å². The quantitative estimate of drug-likeness (QED) is 0.144. The van der Waals surface area contributed by atoms with Gasteiger partial charge >= 0.3 is 11.8 Å². The van der Waals surface area contributed by atoms with Crippen LogP contribution in [0.15, 0.2) is 59.7 Å². The van der Waals surface area contributed by atoms with Crippen LogP contribution in [0.1, 0.15) is 16.7 Å². The second kappa shape index (κ2) is 13.1. The van der Waals surface area contributed by atoms with E-state index in [-0.39, 0.29) is 12.5 Å². The van der Waals surface area contributed by atoms with Crippen molar-refractivity contribution >= 4 is 69.5 Å². The standard InChI is InChI=1S/C26H24ClIN4O5/c1-15-6-4-9-21(16(15)2)31-23(33)14-37-24-20(28)10-17(11-22(24)36-3)13-29-32-26(35)25(34)30-19-8-5-7-18(27)12-19/h4-13H,14H2,1-3H3,(H,30,34)(H,31,33)(H,32,35)/b29-13-. The summed E-state index contributed by atoms with van der Waals surface area (Å²) in [6.45, 7) is 3.69. The monoisotopic (exact) mass is 634 g/mol. The summed E-state index contributed by atoms with van der Waals surface area (Å²) in [4.78, 5) is 36.5. The molecule has 0 aliphatic carbocycles. The zero-order valence-corrected chi connectivity index (χ0v) is 23.1. The van der Waals surface area contributed by atoms with Crippen LogP contribution in [0.2, 0.25) is 5.02 Å². The van der Waals surface area contributed by atoms with E-state index >= 15 is 0 Å². The molecule has 3 amide bonds. The zero-order chi connectivity index (χ0) is 26.9. The molecule has 0 saturated heterocycles. The van der Waals surface area contributed by atoms with E-state index in [4.69, 9.17) is 21.1 Å². The van der Waals surface area contributed by atoms with Gasteiger partial charge in [0.1, 0.15) is 0 Å². The summed E-state index contributed by atoms with van der Waals surface area (Å²) >= 11 is 7.92. The summed E-state index contributed by atoms with van der Waals surface area (Å²) in [5.41, 5.74) is 5.91. The number of carbonyl (C=O) groups excluding carboxylic acids is 3. The van der Waals surface area contributed by atoms with Gasteiger partial charge in [-0.15, -0.1) is 0 Å². The molecular weight excluding hydrogens is 611 g/mol. The fourth-order valence-corrected chi connectivity index (χ4v) is 4.11. The second-order valence-corrected chi connectivity index (χ2v) is 9.38. The molecule has 0 radical (unpaired) electrons. The molecule has 3 aromatic rings. The van der Waals surface area contributed by atoms with Gasteiger partial charge in [0.2, 0.25) is 0 Å². The van der Waals surface area contributed by atoms with Gasteiger partial charge in [-0.25, -0.2) is 5.43 Å². The summed E-state index contributed by atoms with van der Waals surface area (Å²) in [7, 11) is 1.47. The number of nitrogens with zero attached hydrogens (tertiary/aromatic N) is 1. The zero-order valence-electron chi connectivity index (χ0n) is 20.2. The molecule has 11 heteroatoms. The van der Waals surface area contributed by atoms with E-state index in [1.54, 1.807) is 30.3 Å². The number of ether oxygens (including phenoxy) is 2. The summed E-state index contributed by atoms with van der Waals surface area (Å²) in [5.74, 6) is -1.39. The number of hydrogen-bond donors (Lipinski definition) is 3. The van der Waals surface area contributed by atoms with Crippen LogP contribution in [-0.4, -0.2) is 37.7 Å². The van der Waals surface area contributed by atoms with Crippen molar-refractivity contribution in [1.29, 1.82) is 0 Å². The summed E-state index contributed by atoms with van der Waals surface area (Å²) < 4.78 is 11.8. The minimum atomic E-state index is -0.951. The second-order valence-electron chi connectivity index (χ2n) is 7.78. The van der Waals surface area contributed by atoms with E-state index < -0.39 is 11.8 Å². The molecule has 3 rings (SSSR count). The molecule has 192 valence electrons. The van der Waals surface area contributed by atoms with Crippen molar-refractivity contribution in [2.24, 2.45) is 5.10 Å². The third kappa shape index (κ3) is 7.92. The number of rotatable bonds is 8. The van der Waals surface area contributed by atoms with Gasteiger partial charge in [-0.2, -0.15) is 5.10 Å². The topological polar surface area (TPSA) is 118 Å². The fourth-order valence-electron chi connectivity index (χ4n) is 3.14. The van der Waals surface area contributed by atoms with Crippen molar-refractivity contribution in [3.63, 3.8) is 0 Å². The number of hydrazone groups is 1. The number of anilines is 2. The number of benzene rings is 3. The molecule has 0 fully saturated rings.